The van der Waals surface area contributed by atoms with E-state index in [4.69, 9.17) is 10.4 Å². The Bertz CT molecular complexity index is 1180. The van der Waals surface area contributed by atoms with Crippen LogP contribution < -0.4 is 5.48 Å². The standard InChI is InChI=1S/C26H25N3O4/c1-2-5-24-23(16-27-32)22(26(31)29-33)15-25(28-24)21-12-10-18(11-13-21)6-3-4-7-19-8-9-20(14-19)17-30/h2,5,10-13,15-16,19-20,30,32-33H,8-9,14,17H2,1H3,(H,29,31)/b5-2-,27-16+. The number of aliphatic hydroxyl groups is 1. The number of pyridine rings is 1. The first-order valence-corrected chi connectivity index (χ1v) is 10.6. The monoisotopic (exact) mass is 443 g/mol. The lowest BCUT2D eigenvalue weighted by Gasteiger charge is -2.11. The van der Waals surface area contributed by atoms with Crippen molar-refractivity contribution in [3.05, 3.63) is 58.8 Å². The van der Waals surface area contributed by atoms with Crippen LogP contribution in [0.2, 0.25) is 0 Å². The molecule has 1 aliphatic rings. The van der Waals surface area contributed by atoms with Crippen molar-refractivity contribution < 1.29 is 20.3 Å². The van der Waals surface area contributed by atoms with E-state index in [-0.39, 0.29) is 17.7 Å². The van der Waals surface area contributed by atoms with Crippen molar-refractivity contribution in [2.75, 3.05) is 6.61 Å². The highest BCUT2D eigenvalue weighted by Crippen LogP contribution is 2.29. The summed E-state index contributed by atoms with van der Waals surface area (Å²) in [5.74, 6) is 11.9. The summed E-state index contributed by atoms with van der Waals surface area (Å²) in [4.78, 5) is 16.7. The lowest BCUT2D eigenvalue weighted by atomic mass is 10.0. The highest BCUT2D eigenvalue weighted by Gasteiger charge is 2.22. The molecule has 0 spiro atoms. The molecular weight excluding hydrogens is 418 g/mol. The maximum atomic E-state index is 12.2. The Labute approximate surface area is 192 Å². The number of carbonyl (C=O) groups is 1. The Morgan fingerprint density at radius 2 is 2.06 bits per heavy atom. The molecule has 1 aromatic carbocycles. The van der Waals surface area contributed by atoms with Crippen molar-refractivity contribution in [3.8, 4) is 34.9 Å². The molecule has 1 aromatic heterocycles. The molecule has 7 heteroatoms. The molecule has 1 fully saturated rings. The number of hydroxylamine groups is 1. The van der Waals surface area contributed by atoms with Crippen molar-refractivity contribution in [2.45, 2.75) is 26.2 Å². The van der Waals surface area contributed by atoms with Gasteiger partial charge in [-0.1, -0.05) is 35.2 Å². The average molecular weight is 444 g/mol. The SMILES string of the molecule is C/C=C\c1nc(-c2ccc(C#CC#CC3CCC(CO)C3)cc2)cc(C(=O)NO)c1/C=N/O. The molecule has 3 rings (SSSR count). The van der Waals surface area contributed by atoms with Crippen molar-refractivity contribution in [1.82, 2.24) is 10.5 Å². The predicted octanol–water partition coefficient (Wildman–Crippen LogP) is 3.47. The molecule has 2 aromatic rings. The van der Waals surface area contributed by atoms with Gasteiger partial charge >= 0.3 is 0 Å². The van der Waals surface area contributed by atoms with Crippen LogP contribution in [0.25, 0.3) is 17.3 Å². The van der Waals surface area contributed by atoms with E-state index in [2.05, 4.69) is 33.8 Å². The highest BCUT2D eigenvalue weighted by atomic mass is 16.5. The van der Waals surface area contributed by atoms with E-state index >= 15 is 0 Å². The van der Waals surface area contributed by atoms with Gasteiger partial charge in [-0.05, 0) is 68.2 Å². The van der Waals surface area contributed by atoms with E-state index in [0.717, 1.165) is 36.6 Å². The summed E-state index contributed by atoms with van der Waals surface area (Å²) in [5, 5.41) is 30.3. The molecule has 0 saturated heterocycles. The third kappa shape index (κ3) is 6.08. The molecule has 1 amide bonds. The first kappa shape index (κ1) is 23.7. The van der Waals surface area contributed by atoms with E-state index in [9.17, 15) is 9.90 Å². The quantitative estimate of drug-likeness (QED) is 0.186. The van der Waals surface area contributed by atoms with Crippen molar-refractivity contribution >= 4 is 18.2 Å². The first-order chi connectivity index (χ1) is 16.1. The normalized spacial score (nSPS) is 17.4. The molecular formula is C26H25N3O4. The number of nitrogens with one attached hydrogen (secondary N) is 1. The lowest BCUT2D eigenvalue weighted by molar-refractivity contribution is 0.0706. The smallest absolute Gasteiger partial charge is 0.275 e. The summed E-state index contributed by atoms with van der Waals surface area (Å²) in [6.07, 6.45) is 7.49. The largest absolute Gasteiger partial charge is 0.411 e. The Hall–Kier alpha value is -3.91. The number of rotatable bonds is 5. The predicted molar refractivity (Wildman–Crippen MR) is 126 cm³/mol. The summed E-state index contributed by atoms with van der Waals surface area (Å²) in [6, 6.07) is 8.87. The molecule has 33 heavy (non-hydrogen) atoms. The number of allylic oxidation sites excluding steroid dienone is 1. The van der Waals surface area contributed by atoms with Gasteiger partial charge in [0.15, 0.2) is 0 Å². The number of carbonyl (C=O) groups excluding carboxylic acids is 1. The van der Waals surface area contributed by atoms with Gasteiger partial charge in [0.1, 0.15) is 0 Å². The van der Waals surface area contributed by atoms with Crippen LogP contribution in [0.3, 0.4) is 0 Å². The summed E-state index contributed by atoms with van der Waals surface area (Å²) in [5.41, 5.74) is 4.47. The number of benzene rings is 1. The fourth-order valence-corrected chi connectivity index (χ4v) is 3.79. The van der Waals surface area contributed by atoms with Crippen molar-refractivity contribution in [3.63, 3.8) is 0 Å². The fourth-order valence-electron chi connectivity index (χ4n) is 3.79. The van der Waals surface area contributed by atoms with E-state index < -0.39 is 5.91 Å². The fraction of sp³-hybridized carbons (Fsp3) is 0.269. The van der Waals surface area contributed by atoms with Gasteiger partial charge in [0.25, 0.3) is 5.91 Å². The van der Waals surface area contributed by atoms with E-state index in [1.165, 1.54) is 6.07 Å². The van der Waals surface area contributed by atoms with Crippen LogP contribution in [0.5, 0.6) is 0 Å². The van der Waals surface area contributed by atoms with Crippen LogP contribution in [0, 0.1) is 35.5 Å². The summed E-state index contributed by atoms with van der Waals surface area (Å²) < 4.78 is 0. The topological polar surface area (TPSA) is 115 Å². The molecule has 4 N–H and O–H groups in total. The third-order valence-electron chi connectivity index (χ3n) is 5.47. The Morgan fingerprint density at radius 1 is 1.27 bits per heavy atom. The van der Waals surface area contributed by atoms with Crippen LogP contribution in [0.4, 0.5) is 0 Å². The first-order valence-electron chi connectivity index (χ1n) is 10.6. The molecule has 2 unspecified atom stereocenters. The van der Waals surface area contributed by atoms with Gasteiger partial charge < -0.3 is 10.3 Å². The van der Waals surface area contributed by atoms with E-state index in [1.807, 2.05) is 24.3 Å². The van der Waals surface area contributed by atoms with Crippen molar-refractivity contribution in [2.24, 2.45) is 17.0 Å². The van der Waals surface area contributed by atoms with Gasteiger partial charge in [-0.25, -0.2) is 10.5 Å². The van der Waals surface area contributed by atoms with Gasteiger partial charge in [-0.2, -0.15) is 0 Å². The van der Waals surface area contributed by atoms with Gasteiger partial charge in [0.2, 0.25) is 0 Å². The minimum atomic E-state index is -0.743. The van der Waals surface area contributed by atoms with Gasteiger partial charge in [-0.15, -0.1) is 0 Å². The molecule has 0 aliphatic heterocycles. The molecule has 2 atom stereocenters. The van der Waals surface area contributed by atoms with Crippen LogP contribution in [0.1, 0.15) is 53.4 Å². The summed E-state index contributed by atoms with van der Waals surface area (Å²) in [7, 11) is 0. The summed E-state index contributed by atoms with van der Waals surface area (Å²) in [6.45, 7) is 2.03. The van der Waals surface area contributed by atoms with Gasteiger partial charge in [0.05, 0.1) is 23.2 Å². The molecule has 0 radical (unpaired) electrons. The van der Waals surface area contributed by atoms with Crippen LogP contribution in [0.15, 0.2) is 41.6 Å². The maximum Gasteiger partial charge on any atom is 0.275 e. The number of nitrogens with zero attached hydrogens (tertiary/aromatic N) is 2. The number of aromatic nitrogens is 1. The van der Waals surface area contributed by atoms with Gasteiger partial charge in [-0.3, -0.25) is 10.0 Å². The number of oxime groups is 1. The second kappa shape index (κ2) is 11.6. The molecule has 1 saturated carbocycles. The molecule has 1 heterocycles. The number of hydrogen-bond donors (Lipinski definition) is 4. The Morgan fingerprint density at radius 3 is 2.70 bits per heavy atom. The minimum Gasteiger partial charge on any atom is -0.411 e. The molecule has 0 bridgehead atoms. The van der Waals surface area contributed by atoms with E-state index in [1.54, 1.807) is 24.6 Å². The molecule has 7 nitrogen and oxygen atoms in total. The highest BCUT2D eigenvalue weighted by molar-refractivity contribution is 6.04. The second-order valence-electron chi connectivity index (χ2n) is 7.69. The Balaban J connectivity index is 1.85. The third-order valence-corrected chi connectivity index (χ3v) is 5.47. The zero-order valence-electron chi connectivity index (χ0n) is 18.2. The molecule has 1 aliphatic carbocycles. The number of hydrogen-bond acceptors (Lipinski definition) is 6. The van der Waals surface area contributed by atoms with E-state index in [0.29, 0.717) is 23.2 Å². The number of aliphatic hydroxyl groups excluding tert-OH is 1. The second-order valence-corrected chi connectivity index (χ2v) is 7.69. The average Bonchev–Trinajstić information content (AvgIpc) is 3.31. The van der Waals surface area contributed by atoms with Crippen molar-refractivity contribution in [1.29, 1.82) is 0 Å². The lowest BCUT2D eigenvalue weighted by Crippen LogP contribution is -2.21. The van der Waals surface area contributed by atoms with Crippen LogP contribution in [-0.2, 0) is 0 Å². The Kier molecular flexibility index (Phi) is 8.37. The molecule has 168 valence electrons. The minimum absolute atomic E-state index is 0.114. The zero-order chi connectivity index (χ0) is 23.6. The number of amides is 1. The van der Waals surface area contributed by atoms with Gasteiger partial charge in [0, 0.05) is 29.2 Å². The maximum absolute atomic E-state index is 12.2. The van der Waals surface area contributed by atoms with Crippen LogP contribution >= 0.6 is 0 Å². The summed E-state index contributed by atoms with van der Waals surface area (Å²) >= 11 is 0. The zero-order valence-corrected chi connectivity index (χ0v) is 18.2. The van der Waals surface area contributed by atoms with Crippen LogP contribution in [-0.4, -0.2) is 39.2 Å².